The minimum Gasteiger partial charge on any atom is -0.497 e. The van der Waals surface area contributed by atoms with E-state index in [-0.39, 0.29) is 17.7 Å². The number of benzene rings is 3. The van der Waals surface area contributed by atoms with Gasteiger partial charge in [-0.15, -0.1) is 0 Å². The van der Waals surface area contributed by atoms with E-state index in [1.165, 1.54) is 0 Å². The van der Waals surface area contributed by atoms with Crippen LogP contribution in [0.4, 0.5) is 0 Å². The van der Waals surface area contributed by atoms with Gasteiger partial charge in [0.2, 0.25) is 5.91 Å². The molecular formula is C29H31N3O5. The van der Waals surface area contributed by atoms with E-state index in [0.717, 1.165) is 11.1 Å². The molecule has 0 radical (unpaired) electrons. The fraction of sp³-hybridized carbons (Fsp3) is 0.276. The molecule has 37 heavy (non-hydrogen) atoms. The fourth-order valence-electron chi connectivity index (χ4n) is 4.17. The molecule has 4 rings (SSSR count). The van der Waals surface area contributed by atoms with Crippen molar-refractivity contribution in [2.24, 2.45) is 11.0 Å². The number of likely N-dealkylation sites (tertiary alicyclic amines) is 1. The van der Waals surface area contributed by atoms with Gasteiger partial charge in [-0.1, -0.05) is 42.5 Å². The summed E-state index contributed by atoms with van der Waals surface area (Å²) >= 11 is 0. The number of methoxy groups -OCH3 is 2. The Morgan fingerprint density at radius 1 is 0.946 bits per heavy atom. The molecule has 0 spiro atoms. The molecule has 3 aromatic rings. The topological polar surface area (TPSA) is 89.5 Å². The molecule has 0 bridgehead atoms. The van der Waals surface area contributed by atoms with Gasteiger partial charge in [-0.2, -0.15) is 5.10 Å². The van der Waals surface area contributed by atoms with Crippen LogP contribution >= 0.6 is 0 Å². The van der Waals surface area contributed by atoms with Crippen LogP contribution in [0, 0.1) is 5.92 Å². The molecular weight excluding hydrogens is 470 g/mol. The summed E-state index contributed by atoms with van der Waals surface area (Å²) in [7, 11) is 3.10. The number of amides is 2. The van der Waals surface area contributed by atoms with Gasteiger partial charge in [0, 0.05) is 36.2 Å². The lowest BCUT2D eigenvalue weighted by molar-refractivity contribution is -0.126. The molecule has 8 heteroatoms. The van der Waals surface area contributed by atoms with Crippen molar-refractivity contribution in [3.63, 3.8) is 0 Å². The zero-order valence-corrected chi connectivity index (χ0v) is 21.1. The number of ether oxygens (including phenoxy) is 3. The maximum Gasteiger partial charge on any atom is 0.254 e. The van der Waals surface area contributed by atoms with E-state index in [4.69, 9.17) is 14.2 Å². The van der Waals surface area contributed by atoms with Gasteiger partial charge in [-0.25, -0.2) is 5.43 Å². The van der Waals surface area contributed by atoms with Crippen molar-refractivity contribution in [1.82, 2.24) is 10.3 Å². The van der Waals surface area contributed by atoms with Crippen molar-refractivity contribution in [2.75, 3.05) is 27.3 Å². The summed E-state index contributed by atoms with van der Waals surface area (Å²) in [5.41, 5.74) is 4.98. The smallest absolute Gasteiger partial charge is 0.254 e. The molecule has 1 aliphatic rings. The van der Waals surface area contributed by atoms with Crippen LogP contribution in [0.25, 0.3) is 0 Å². The average molecular weight is 502 g/mol. The van der Waals surface area contributed by atoms with Crippen LogP contribution in [-0.4, -0.2) is 50.2 Å². The third-order valence-corrected chi connectivity index (χ3v) is 6.29. The molecule has 0 atom stereocenters. The minimum absolute atomic E-state index is 0.110. The predicted octanol–water partition coefficient (Wildman–Crippen LogP) is 4.29. The van der Waals surface area contributed by atoms with Gasteiger partial charge in [0.15, 0.2) is 0 Å². The molecule has 1 fully saturated rings. The Morgan fingerprint density at radius 2 is 1.59 bits per heavy atom. The summed E-state index contributed by atoms with van der Waals surface area (Å²) in [5, 5.41) is 4.16. The first-order valence-corrected chi connectivity index (χ1v) is 12.2. The van der Waals surface area contributed by atoms with Crippen LogP contribution in [0.5, 0.6) is 17.2 Å². The Labute approximate surface area is 216 Å². The number of nitrogens with one attached hydrogen (secondary N) is 1. The summed E-state index contributed by atoms with van der Waals surface area (Å²) < 4.78 is 16.5. The quantitative estimate of drug-likeness (QED) is 0.349. The van der Waals surface area contributed by atoms with Gasteiger partial charge in [0.1, 0.15) is 23.9 Å². The molecule has 8 nitrogen and oxygen atoms in total. The summed E-state index contributed by atoms with van der Waals surface area (Å²) in [4.78, 5) is 27.5. The second-order valence-corrected chi connectivity index (χ2v) is 8.71. The second kappa shape index (κ2) is 12.6. The first-order chi connectivity index (χ1) is 18.1. The number of carbonyl (C=O) groups is 2. The van der Waals surface area contributed by atoms with Crippen LogP contribution in [0.3, 0.4) is 0 Å². The van der Waals surface area contributed by atoms with Gasteiger partial charge in [-0.3, -0.25) is 9.59 Å². The Balaban J connectivity index is 1.29. The highest BCUT2D eigenvalue weighted by Gasteiger charge is 2.28. The van der Waals surface area contributed by atoms with E-state index in [1.807, 2.05) is 54.6 Å². The van der Waals surface area contributed by atoms with E-state index in [1.54, 1.807) is 43.5 Å². The molecule has 3 aromatic carbocycles. The summed E-state index contributed by atoms with van der Waals surface area (Å²) in [6, 6.07) is 22.6. The first-order valence-electron chi connectivity index (χ1n) is 12.2. The molecule has 0 aromatic heterocycles. The highest BCUT2D eigenvalue weighted by Crippen LogP contribution is 2.25. The molecule has 1 N–H and O–H groups in total. The third kappa shape index (κ3) is 6.88. The molecule has 1 saturated heterocycles. The largest absolute Gasteiger partial charge is 0.497 e. The lowest BCUT2D eigenvalue weighted by Crippen LogP contribution is -2.42. The van der Waals surface area contributed by atoms with Crippen molar-refractivity contribution in [2.45, 2.75) is 19.4 Å². The van der Waals surface area contributed by atoms with Gasteiger partial charge in [-0.05, 0) is 42.7 Å². The minimum atomic E-state index is -0.217. The first kappa shape index (κ1) is 25.8. The predicted molar refractivity (Wildman–Crippen MR) is 141 cm³/mol. The number of rotatable bonds is 9. The van der Waals surface area contributed by atoms with E-state index < -0.39 is 0 Å². The Bertz CT molecular complexity index is 1220. The van der Waals surface area contributed by atoms with Gasteiger partial charge in [0.25, 0.3) is 5.91 Å². The number of para-hydroxylation sites is 1. The highest BCUT2D eigenvalue weighted by molar-refractivity contribution is 5.95. The molecule has 0 saturated carbocycles. The van der Waals surface area contributed by atoms with Crippen molar-refractivity contribution in [1.29, 1.82) is 0 Å². The summed E-state index contributed by atoms with van der Waals surface area (Å²) in [5.74, 6) is 1.31. The van der Waals surface area contributed by atoms with Gasteiger partial charge >= 0.3 is 0 Å². The lowest BCUT2D eigenvalue weighted by atomic mass is 9.95. The number of piperidine rings is 1. The van der Waals surface area contributed by atoms with Crippen molar-refractivity contribution >= 4 is 18.0 Å². The van der Waals surface area contributed by atoms with Crippen LogP contribution in [-0.2, 0) is 11.4 Å². The molecule has 0 aliphatic carbocycles. The normalized spacial score (nSPS) is 13.8. The number of nitrogens with zero attached hydrogens (tertiary/aromatic N) is 2. The number of hydrogen-bond acceptors (Lipinski definition) is 6. The molecule has 1 aliphatic heterocycles. The third-order valence-electron chi connectivity index (χ3n) is 6.29. The van der Waals surface area contributed by atoms with Gasteiger partial charge in [0.05, 0.1) is 20.4 Å². The summed E-state index contributed by atoms with van der Waals surface area (Å²) in [6.07, 6.45) is 2.71. The van der Waals surface area contributed by atoms with Crippen molar-refractivity contribution in [3.05, 3.63) is 89.5 Å². The fourth-order valence-corrected chi connectivity index (χ4v) is 4.17. The highest BCUT2D eigenvalue weighted by atomic mass is 16.5. The van der Waals surface area contributed by atoms with Crippen molar-refractivity contribution in [3.8, 4) is 17.2 Å². The Morgan fingerprint density at radius 3 is 2.27 bits per heavy atom. The molecule has 0 unspecified atom stereocenters. The van der Waals surface area contributed by atoms with Crippen LogP contribution < -0.4 is 19.6 Å². The number of carbonyl (C=O) groups excluding carboxylic acids is 2. The Hall–Kier alpha value is -4.33. The zero-order valence-electron chi connectivity index (χ0n) is 21.1. The lowest BCUT2D eigenvalue weighted by Gasteiger charge is -2.31. The maximum atomic E-state index is 13.0. The van der Waals surface area contributed by atoms with Crippen LogP contribution in [0.1, 0.15) is 34.3 Å². The van der Waals surface area contributed by atoms with E-state index >= 15 is 0 Å². The molecule has 2 amide bonds. The standard InChI is InChI=1S/C29H31N3O5/c1-35-25-16-24(17-26(18-25)36-2)29(34)32-14-12-22(13-15-32)28(33)31-30-19-23-10-6-7-11-27(23)37-20-21-8-4-3-5-9-21/h3-11,16-19,22H,12-15,20H2,1-2H3,(H,31,33)/b30-19-. The van der Waals surface area contributed by atoms with E-state index in [9.17, 15) is 9.59 Å². The van der Waals surface area contributed by atoms with Crippen molar-refractivity contribution < 1.29 is 23.8 Å². The van der Waals surface area contributed by atoms with Gasteiger partial charge < -0.3 is 19.1 Å². The molecule has 192 valence electrons. The van der Waals surface area contributed by atoms with E-state index in [0.29, 0.717) is 55.4 Å². The SMILES string of the molecule is COc1cc(OC)cc(C(=O)N2CCC(C(=O)N/N=C\c3ccccc3OCc3ccccc3)CC2)c1. The average Bonchev–Trinajstić information content (AvgIpc) is 2.96. The number of hydrogen-bond donors (Lipinski definition) is 1. The second-order valence-electron chi connectivity index (χ2n) is 8.71. The monoisotopic (exact) mass is 501 g/mol. The summed E-state index contributed by atoms with van der Waals surface area (Å²) in [6.45, 7) is 1.41. The number of hydrazone groups is 1. The maximum absolute atomic E-state index is 13.0. The van der Waals surface area contributed by atoms with Crippen LogP contribution in [0.15, 0.2) is 77.9 Å². The van der Waals surface area contributed by atoms with E-state index in [2.05, 4.69) is 10.5 Å². The Kier molecular flexibility index (Phi) is 8.75. The molecule has 1 heterocycles. The van der Waals surface area contributed by atoms with Crippen LogP contribution in [0.2, 0.25) is 0 Å². The zero-order chi connectivity index (χ0) is 26.0.